The maximum Gasteiger partial charge on any atom is 0.134 e. The van der Waals surface area contributed by atoms with Gasteiger partial charge in [-0.05, 0) is 260 Å². The van der Waals surface area contributed by atoms with Crippen LogP contribution < -0.4 is 14.7 Å². The predicted octanol–water partition coefficient (Wildman–Crippen LogP) is 30.4. The Balaban J connectivity index is 0.610. The van der Waals surface area contributed by atoms with Crippen LogP contribution in [0.4, 0.5) is 51.2 Å². The molecule has 1 spiro atoms. The molecule has 20 aromatic rings. The third-order valence-corrected chi connectivity index (χ3v) is 23.7. The molecule has 2 aliphatic rings. The summed E-state index contributed by atoms with van der Waals surface area (Å²) in [6, 6.07) is 163. The Morgan fingerprint density at radius 2 is 0.487 bits per heavy atom. The number of aromatic nitrogens is 1. The lowest BCUT2D eigenvalue weighted by Crippen LogP contribution is -2.26. The van der Waals surface area contributed by atoms with E-state index in [0.717, 1.165) is 130 Å². The fourth-order valence-corrected chi connectivity index (χ4v) is 18.2. The molecule has 6 heteroatoms. The van der Waals surface area contributed by atoms with E-state index >= 15 is 0 Å². The normalized spacial score (nSPS) is 13.0. The Morgan fingerprint density at radius 3 is 0.974 bits per heavy atom. The highest BCUT2D eigenvalue weighted by atomic mass is 16.3. The van der Waals surface area contributed by atoms with Gasteiger partial charge in [0.2, 0.25) is 0 Å². The van der Waals surface area contributed by atoms with Crippen molar-refractivity contribution in [2.75, 3.05) is 14.7 Å². The number of furan rings is 2. The zero-order chi connectivity index (χ0) is 77.3. The van der Waals surface area contributed by atoms with Crippen molar-refractivity contribution in [1.82, 2.24) is 4.57 Å². The molecular formula is C111H74N4O2. The van der Waals surface area contributed by atoms with Crippen molar-refractivity contribution in [3.05, 3.63) is 471 Å². The summed E-state index contributed by atoms with van der Waals surface area (Å²) in [5, 5.41) is 2.43. The topological polar surface area (TPSA) is 40.9 Å². The van der Waals surface area contributed by atoms with Crippen LogP contribution in [-0.4, -0.2) is 4.57 Å². The molecule has 0 saturated heterocycles. The van der Waals surface area contributed by atoms with Crippen molar-refractivity contribution in [2.24, 2.45) is 0 Å². The van der Waals surface area contributed by atoms with Crippen molar-refractivity contribution < 1.29 is 8.83 Å². The maximum atomic E-state index is 6.51. The zero-order valence-electron chi connectivity index (χ0n) is 63.8. The lowest BCUT2D eigenvalue weighted by molar-refractivity contribution is 0.597. The van der Waals surface area contributed by atoms with Crippen LogP contribution in [0.15, 0.2) is 458 Å². The van der Waals surface area contributed by atoms with Gasteiger partial charge in [0.05, 0.1) is 16.4 Å². The lowest BCUT2D eigenvalue weighted by Gasteiger charge is -2.32. The largest absolute Gasteiger partial charge is 0.456 e. The van der Waals surface area contributed by atoms with E-state index in [9.17, 15) is 0 Å². The molecule has 0 amide bonds. The van der Waals surface area contributed by atoms with Gasteiger partial charge in [0, 0.05) is 89.9 Å². The van der Waals surface area contributed by atoms with Crippen LogP contribution >= 0.6 is 0 Å². The maximum absolute atomic E-state index is 6.51. The second-order valence-corrected chi connectivity index (χ2v) is 30.3. The number of hydrogen-bond acceptors (Lipinski definition) is 5. The molecule has 6 nitrogen and oxygen atoms in total. The number of nitrogens with zero attached hydrogens (tertiary/aromatic N) is 4. The SMILES string of the molecule is c1ccc(-c2ccc(N(c3ccc4c(c3)C3(c5ccccc5-c5cc(-c6ccc(N(c7ccc(-c8ccc(N(c9ccccc9)c9ccc(-c%10ccc(-c%11ccccc%11)o%10)cc9)cc8)cc7)c7ccc(-c8ccc(-c9ccccc9)o8)cc7)cc6)ccc53)c3ccccc3-4)c3ccc4c5ccccc5n(-c5ccccc5)c4c3)cc2)cc1. The van der Waals surface area contributed by atoms with Crippen LogP contribution in [0.25, 0.3) is 128 Å². The number of anilines is 9. The zero-order valence-corrected chi connectivity index (χ0v) is 63.8. The third kappa shape index (κ3) is 11.9. The van der Waals surface area contributed by atoms with Gasteiger partial charge in [-0.25, -0.2) is 0 Å². The minimum absolute atomic E-state index is 0.618. The first-order valence-corrected chi connectivity index (χ1v) is 40.0. The first kappa shape index (κ1) is 68.3. The number of rotatable bonds is 17. The van der Waals surface area contributed by atoms with E-state index in [-0.39, 0.29) is 0 Å². The van der Waals surface area contributed by atoms with Crippen LogP contribution in [0.2, 0.25) is 0 Å². The van der Waals surface area contributed by atoms with Crippen LogP contribution in [0.5, 0.6) is 0 Å². The summed E-state index contributed by atoms with van der Waals surface area (Å²) >= 11 is 0. The minimum atomic E-state index is -0.618. The summed E-state index contributed by atoms with van der Waals surface area (Å²) in [5.41, 5.74) is 33.3. The molecule has 1 unspecified atom stereocenters. The van der Waals surface area contributed by atoms with Crippen LogP contribution in [0.3, 0.4) is 0 Å². The standard InChI is InChI=1S/C111H74N4O2/c1-6-22-75(23-7-1)76-38-55-92(56-39-76)114(94-64-66-99-98-34-18-21-37-105(98)115(106(99)74-94)86-30-14-5-15-31-86)93-63-65-97-95-32-16-19-35-101(95)111(104(97)73-93)102-36-20-17-33-96(102)100-72-84(50-67-103(100)111)79-44-57-89(58-45-79)113(91-61-48-83(49-62-91)110-71-69-108(117-110)81-26-10-3-11-27-81)88-53-42-78(43-54-88)77-40-51-87(52-41-77)112(85-28-12-4-13-29-85)90-59-46-82(47-60-90)109-70-68-107(116-109)80-24-8-2-9-25-80/h1-74H. The van der Waals surface area contributed by atoms with E-state index in [0.29, 0.717) is 0 Å². The fourth-order valence-electron chi connectivity index (χ4n) is 18.2. The van der Waals surface area contributed by atoms with E-state index in [4.69, 9.17) is 8.83 Å². The molecule has 0 bridgehead atoms. The van der Waals surface area contributed by atoms with Gasteiger partial charge in [0.1, 0.15) is 23.0 Å². The van der Waals surface area contributed by atoms with Gasteiger partial charge in [0.25, 0.3) is 0 Å². The van der Waals surface area contributed by atoms with Crippen LogP contribution in [0, 0.1) is 0 Å². The number of fused-ring (bicyclic) bond motifs is 13. The average Bonchev–Trinajstić information content (AvgIpc) is 1.51. The summed E-state index contributed by atoms with van der Waals surface area (Å²) in [5.74, 6) is 3.33. The van der Waals surface area contributed by atoms with Gasteiger partial charge in [-0.2, -0.15) is 0 Å². The highest BCUT2D eigenvalue weighted by molar-refractivity contribution is 6.11. The second kappa shape index (κ2) is 28.6. The van der Waals surface area contributed by atoms with Crippen LogP contribution in [0.1, 0.15) is 22.3 Å². The summed E-state index contributed by atoms with van der Waals surface area (Å²) in [7, 11) is 0. The molecule has 17 aromatic carbocycles. The Labute approximate surface area is 679 Å². The molecule has 0 radical (unpaired) electrons. The summed E-state index contributed by atoms with van der Waals surface area (Å²) in [6.07, 6.45) is 0. The molecule has 2 aliphatic carbocycles. The molecule has 0 fully saturated rings. The summed E-state index contributed by atoms with van der Waals surface area (Å²) in [6.45, 7) is 0. The van der Waals surface area contributed by atoms with E-state index in [1.165, 1.54) is 71.9 Å². The monoisotopic (exact) mass is 1490 g/mol. The van der Waals surface area contributed by atoms with Crippen molar-refractivity contribution in [2.45, 2.75) is 5.41 Å². The van der Waals surface area contributed by atoms with E-state index < -0.39 is 5.41 Å². The molecule has 117 heavy (non-hydrogen) atoms. The van der Waals surface area contributed by atoms with Gasteiger partial charge in [-0.15, -0.1) is 0 Å². The molecule has 22 rings (SSSR count). The quantitative estimate of drug-likeness (QED) is 0.0909. The van der Waals surface area contributed by atoms with Gasteiger partial charge in [-0.1, -0.05) is 267 Å². The van der Waals surface area contributed by atoms with Gasteiger partial charge < -0.3 is 28.1 Å². The van der Waals surface area contributed by atoms with Gasteiger partial charge in [-0.3, -0.25) is 0 Å². The minimum Gasteiger partial charge on any atom is -0.456 e. The summed E-state index contributed by atoms with van der Waals surface area (Å²) < 4.78 is 15.3. The Morgan fingerprint density at radius 1 is 0.179 bits per heavy atom. The summed E-state index contributed by atoms with van der Waals surface area (Å²) in [4.78, 5) is 7.12. The van der Waals surface area contributed by atoms with Crippen molar-refractivity contribution in [3.63, 3.8) is 0 Å². The molecule has 0 saturated carbocycles. The number of para-hydroxylation sites is 3. The Bertz CT molecular complexity index is 7060. The Hall–Kier alpha value is -15.5. The van der Waals surface area contributed by atoms with E-state index in [2.05, 4.69) is 426 Å². The predicted molar refractivity (Wildman–Crippen MR) is 484 cm³/mol. The number of hydrogen-bond donors (Lipinski definition) is 0. The van der Waals surface area contributed by atoms with Crippen molar-refractivity contribution in [1.29, 1.82) is 0 Å². The molecule has 0 aliphatic heterocycles. The highest BCUT2D eigenvalue weighted by Crippen LogP contribution is 2.64. The van der Waals surface area contributed by atoms with Gasteiger partial charge in [0.15, 0.2) is 0 Å². The van der Waals surface area contributed by atoms with E-state index in [1.54, 1.807) is 0 Å². The average molecular weight is 1500 g/mol. The molecule has 0 N–H and O–H groups in total. The smallest absolute Gasteiger partial charge is 0.134 e. The van der Waals surface area contributed by atoms with Crippen molar-refractivity contribution >= 4 is 73.0 Å². The van der Waals surface area contributed by atoms with Crippen LogP contribution in [-0.2, 0) is 5.41 Å². The lowest BCUT2D eigenvalue weighted by atomic mass is 9.70. The first-order valence-electron chi connectivity index (χ1n) is 40.0. The fraction of sp³-hybridized carbons (Fsp3) is 0.00901. The molecular weight excluding hydrogens is 1420 g/mol. The number of benzene rings is 17. The molecule has 3 heterocycles. The molecule has 1 atom stereocenters. The van der Waals surface area contributed by atoms with E-state index in [1.807, 2.05) is 42.5 Å². The Kier molecular flexibility index (Phi) is 16.7. The molecule has 550 valence electrons. The molecule has 3 aromatic heterocycles. The third-order valence-electron chi connectivity index (χ3n) is 23.7. The van der Waals surface area contributed by atoms with Crippen molar-refractivity contribution in [3.8, 4) is 107 Å². The second-order valence-electron chi connectivity index (χ2n) is 30.3. The highest BCUT2D eigenvalue weighted by Gasteiger charge is 2.52. The van der Waals surface area contributed by atoms with Gasteiger partial charge >= 0.3 is 0 Å². The first-order chi connectivity index (χ1) is 58.0.